The standard InChI is InChI=1S/C13H9F4N3S/c14-8-5-4-7(13(15,16)17)6-10(8)20-11-3-1-2-9(19-11)12(18)21/h1-6H,(H2,18,21)(H,19,20). The molecule has 0 spiro atoms. The van der Waals surface area contributed by atoms with Crippen LogP contribution < -0.4 is 11.1 Å². The van der Waals surface area contributed by atoms with Gasteiger partial charge in [-0.05, 0) is 30.3 Å². The average Bonchev–Trinajstić information content (AvgIpc) is 2.40. The van der Waals surface area contributed by atoms with Crippen molar-refractivity contribution in [2.24, 2.45) is 5.73 Å². The third-order valence-corrected chi connectivity index (χ3v) is 2.77. The molecule has 1 aromatic heterocycles. The van der Waals surface area contributed by atoms with Crippen LogP contribution in [0.15, 0.2) is 36.4 Å². The highest BCUT2D eigenvalue weighted by atomic mass is 32.1. The summed E-state index contributed by atoms with van der Waals surface area (Å²) < 4.78 is 51.4. The van der Waals surface area contributed by atoms with E-state index in [1.807, 2.05) is 0 Å². The highest BCUT2D eigenvalue weighted by molar-refractivity contribution is 7.80. The molecule has 110 valence electrons. The van der Waals surface area contributed by atoms with Gasteiger partial charge in [-0.15, -0.1) is 0 Å². The normalized spacial score (nSPS) is 11.2. The molecular formula is C13H9F4N3S. The van der Waals surface area contributed by atoms with Gasteiger partial charge in [0.15, 0.2) is 0 Å². The lowest BCUT2D eigenvalue weighted by atomic mass is 10.2. The molecule has 2 rings (SSSR count). The van der Waals surface area contributed by atoms with Gasteiger partial charge in [0.05, 0.1) is 16.9 Å². The molecule has 1 heterocycles. The van der Waals surface area contributed by atoms with Crippen LogP contribution in [0.3, 0.4) is 0 Å². The summed E-state index contributed by atoms with van der Waals surface area (Å²) in [5, 5.41) is 2.48. The zero-order valence-electron chi connectivity index (χ0n) is 10.4. The van der Waals surface area contributed by atoms with Gasteiger partial charge in [0.25, 0.3) is 0 Å². The first-order valence-corrected chi connectivity index (χ1v) is 6.09. The van der Waals surface area contributed by atoms with Crippen LogP contribution in [0.5, 0.6) is 0 Å². The molecule has 0 saturated heterocycles. The summed E-state index contributed by atoms with van der Waals surface area (Å²) in [4.78, 5) is 4.01. The van der Waals surface area contributed by atoms with Crippen LogP contribution in [-0.2, 0) is 6.18 Å². The van der Waals surface area contributed by atoms with Gasteiger partial charge < -0.3 is 11.1 Å². The number of nitrogens with two attached hydrogens (primary N) is 1. The zero-order valence-corrected chi connectivity index (χ0v) is 11.2. The largest absolute Gasteiger partial charge is 0.416 e. The molecule has 0 aliphatic heterocycles. The maximum absolute atomic E-state index is 13.6. The lowest BCUT2D eigenvalue weighted by molar-refractivity contribution is -0.137. The second-order valence-electron chi connectivity index (χ2n) is 4.09. The second-order valence-corrected chi connectivity index (χ2v) is 4.53. The summed E-state index contributed by atoms with van der Waals surface area (Å²) in [5.74, 6) is -0.691. The zero-order chi connectivity index (χ0) is 15.6. The third-order valence-electron chi connectivity index (χ3n) is 2.56. The van der Waals surface area contributed by atoms with E-state index in [9.17, 15) is 17.6 Å². The monoisotopic (exact) mass is 315 g/mol. The van der Waals surface area contributed by atoms with E-state index >= 15 is 0 Å². The topological polar surface area (TPSA) is 50.9 Å². The Hall–Kier alpha value is -2.22. The fraction of sp³-hybridized carbons (Fsp3) is 0.0769. The Bertz CT molecular complexity index is 685. The Morgan fingerprint density at radius 3 is 2.52 bits per heavy atom. The van der Waals surface area contributed by atoms with Gasteiger partial charge >= 0.3 is 6.18 Å². The quantitative estimate of drug-likeness (QED) is 0.671. The predicted octanol–water partition coefficient (Wildman–Crippen LogP) is 3.62. The number of aromatic nitrogens is 1. The molecule has 0 fully saturated rings. The van der Waals surface area contributed by atoms with Crippen LogP contribution in [-0.4, -0.2) is 9.97 Å². The molecule has 2 aromatic rings. The fourth-order valence-electron chi connectivity index (χ4n) is 1.58. The third kappa shape index (κ3) is 3.66. The number of nitrogens with one attached hydrogen (secondary N) is 1. The molecule has 0 atom stereocenters. The van der Waals surface area contributed by atoms with E-state index in [1.165, 1.54) is 12.1 Å². The van der Waals surface area contributed by atoms with Crippen molar-refractivity contribution in [3.63, 3.8) is 0 Å². The minimum absolute atomic E-state index is 0.0307. The molecule has 1 aromatic carbocycles. The Labute approximate surface area is 122 Å². The summed E-state index contributed by atoms with van der Waals surface area (Å²) in [7, 11) is 0. The fourth-order valence-corrected chi connectivity index (χ4v) is 1.69. The van der Waals surface area contributed by atoms with Crippen LogP contribution in [0.2, 0.25) is 0 Å². The number of nitrogens with zero attached hydrogens (tertiary/aromatic N) is 1. The van der Waals surface area contributed by atoms with Gasteiger partial charge in [0.1, 0.15) is 16.6 Å². The SMILES string of the molecule is NC(=S)c1cccc(Nc2cc(C(F)(F)F)ccc2F)n1. The van der Waals surface area contributed by atoms with Crippen molar-refractivity contribution >= 4 is 28.7 Å². The van der Waals surface area contributed by atoms with E-state index < -0.39 is 17.6 Å². The maximum Gasteiger partial charge on any atom is 0.416 e. The number of thiocarbonyl (C=S) groups is 1. The molecule has 0 aliphatic rings. The van der Waals surface area contributed by atoms with Gasteiger partial charge in [-0.2, -0.15) is 13.2 Å². The van der Waals surface area contributed by atoms with Crippen molar-refractivity contribution in [3.05, 3.63) is 53.5 Å². The van der Waals surface area contributed by atoms with Crippen LogP contribution in [0.4, 0.5) is 29.1 Å². The van der Waals surface area contributed by atoms with Crippen molar-refractivity contribution in [3.8, 4) is 0 Å². The second kappa shape index (κ2) is 5.65. The Morgan fingerprint density at radius 1 is 1.19 bits per heavy atom. The van der Waals surface area contributed by atoms with Gasteiger partial charge in [-0.25, -0.2) is 9.37 Å². The number of anilines is 2. The molecule has 8 heteroatoms. The maximum atomic E-state index is 13.6. The number of hydrogen-bond donors (Lipinski definition) is 2. The van der Waals surface area contributed by atoms with E-state index in [4.69, 9.17) is 18.0 Å². The van der Waals surface area contributed by atoms with Gasteiger partial charge in [-0.1, -0.05) is 18.3 Å². The van der Waals surface area contributed by atoms with Crippen LogP contribution >= 0.6 is 12.2 Å². The smallest absolute Gasteiger partial charge is 0.388 e. The van der Waals surface area contributed by atoms with Crippen LogP contribution in [0.25, 0.3) is 0 Å². The molecule has 0 radical (unpaired) electrons. The van der Waals surface area contributed by atoms with Gasteiger partial charge in [0.2, 0.25) is 0 Å². The van der Waals surface area contributed by atoms with E-state index in [0.717, 1.165) is 6.07 Å². The number of benzene rings is 1. The number of hydrogen-bond acceptors (Lipinski definition) is 3. The number of rotatable bonds is 3. The highest BCUT2D eigenvalue weighted by Gasteiger charge is 2.31. The molecule has 21 heavy (non-hydrogen) atoms. The minimum atomic E-state index is -4.56. The first-order chi connectivity index (χ1) is 9.77. The van der Waals surface area contributed by atoms with E-state index in [1.54, 1.807) is 6.07 Å². The minimum Gasteiger partial charge on any atom is -0.388 e. The first kappa shape index (κ1) is 15.2. The molecule has 0 bridgehead atoms. The first-order valence-electron chi connectivity index (χ1n) is 5.68. The average molecular weight is 315 g/mol. The van der Waals surface area contributed by atoms with Crippen LogP contribution in [0.1, 0.15) is 11.3 Å². The predicted molar refractivity (Wildman–Crippen MR) is 74.8 cm³/mol. The lowest BCUT2D eigenvalue weighted by Crippen LogP contribution is -2.12. The summed E-state index contributed by atoms with van der Waals surface area (Å²) in [6.45, 7) is 0. The lowest BCUT2D eigenvalue weighted by Gasteiger charge is -2.11. The summed E-state index contributed by atoms with van der Waals surface area (Å²) in [6.07, 6.45) is -4.56. The molecule has 0 amide bonds. The van der Waals surface area contributed by atoms with E-state index in [0.29, 0.717) is 12.1 Å². The summed E-state index contributed by atoms with van der Waals surface area (Å²) in [6, 6.07) is 6.62. The number of alkyl halides is 3. The molecule has 0 aliphatic carbocycles. The van der Waals surface area contributed by atoms with Crippen molar-refractivity contribution in [1.29, 1.82) is 0 Å². The Kier molecular flexibility index (Phi) is 4.08. The van der Waals surface area contributed by atoms with E-state index in [2.05, 4.69) is 10.3 Å². The Morgan fingerprint density at radius 2 is 1.90 bits per heavy atom. The summed E-state index contributed by atoms with van der Waals surface area (Å²) in [5.41, 5.74) is 4.39. The van der Waals surface area contributed by atoms with Gasteiger partial charge in [0, 0.05) is 0 Å². The van der Waals surface area contributed by atoms with Crippen molar-refractivity contribution in [2.75, 3.05) is 5.32 Å². The van der Waals surface area contributed by atoms with Gasteiger partial charge in [-0.3, -0.25) is 0 Å². The molecule has 3 nitrogen and oxygen atoms in total. The number of halogens is 4. The molecular weight excluding hydrogens is 306 g/mol. The highest BCUT2D eigenvalue weighted by Crippen LogP contribution is 2.32. The Balaban J connectivity index is 2.35. The molecule has 0 unspecified atom stereocenters. The molecule has 3 N–H and O–H groups in total. The summed E-state index contributed by atoms with van der Waals surface area (Å²) >= 11 is 4.75. The molecule has 0 saturated carbocycles. The van der Waals surface area contributed by atoms with Crippen molar-refractivity contribution in [1.82, 2.24) is 4.98 Å². The van der Waals surface area contributed by atoms with Crippen molar-refractivity contribution in [2.45, 2.75) is 6.18 Å². The van der Waals surface area contributed by atoms with Crippen LogP contribution in [0, 0.1) is 5.82 Å². The van der Waals surface area contributed by atoms with Crippen molar-refractivity contribution < 1.29 is 17.6 Å². The van der Waals surface area contributed by atoms with E-state index in [-0.39, 0.29) is 22.2 Å². The number of pyridine rings is 1.